The van der Waals surface area contributed by atoms with E-state index in [0.29, 0.717) is 175 Å². The molecule has 0 saturated carbocycles. The number of nitrogen functional groups attached to an aromatic ring is 2. The maximum absolute atomic E-state index is 15.2. The van der Waals surface area contributed by atoms with Crippen molar-refractivity contribution >= 4 is 89.1 Å². The number of pyridine rings is 4. The Morgan fingerprint density at radius 3 is 0.893 bits per heavy atom. The fourth-order valence-corrected chi connectivity index (χ4v) is 16.6. The predicted octanol–water partition coefficient (Wildman–Crippen LogP) is 13.9. The number of nitrogens with two attached hydrogens (primary N) is 4. The van der Waals surface area contributed by atoms with E-state index < -0.39 is 33.1 Å². The van der Waals surface area contributed by atoms with Crippen LogP contribution < -0.4 is 83.2 Å². The molecule has 2 unspecified atom stereocenters. The summed E-state index contributed by atoms with van der Waals surface area (Å²) < 4.78 is 92.4. The zero-order chi connectivity index (χ0) is 78.6. The SMILES string of the molecule is Cc1cn2c3c(c(N4CCC(C)C4)c(F)cc3c1=O)Oc1cc(N)ccc1-2.Cc1cn2c3c(c(N4CCC(N)C4)c(F)cc3c1=O)Oc1cc(N)ccc1-2.Cc1cn2c3c(c(N4CC[C@H](C)C4)c(F)cc3c1=O)Oc1cc([N+](=O)[O-])ccc1-2.Cc1cn2c3c(c(N4CC[C@H](N)C4)c(F)cc3c1=O)Oc1cc([N+](=O)[O-])ccc1-2. The molecule has 8 aromatic carbocycles. The molecule has 4 saturated heterocycles. The van der Waals surface area contributed by atoms with E-state index in [4.69, 9.17) is 41.9 Å². The van der Waals surface area contributed by atoms with Gasteiger partial charge in [-0.15, -0.1) is 0 Å². The lowest BCUT2D eigenvalue weighted by atomic mass is 10.1. The van der Waals surface area contributed by atoms with Gasteiger partial charge in [0.25, 0.3) is 11.4 Å². The Labute approximate surface area is 634 Å². The van der Waals surface area contributed by atoms with Crippen molar-refractivity contribution in [3.63, 3.8) is 0 Å². The number of benzene rings is 8. The van der Waals surface area contributed by atoms with Crippen LogP contribution in [0.2, 0.25) is 0 Å². The number of hydrogen-bond acceptors (Lipinski definition) is 20. The van der Waals surface area contributed by atoms with Gasteiger partial charge in [-0.2, -0.15) is 0 Å². The molecule has 0 aliphatic carbocycles. The number of aromatic nitrogens is 4. The summed E-state index contributed by atoms with van der Waals surface area (Å²) in [6, 6.07) is 24.3. The molecule has 0 spiro atoms. The van der Waals surface area contributed by atoms with Crippen LogP contribution in [-0.2, 0) is 0 Å². The van der Waals surface area contributed by atoms with Crippen molar-refractivity contribution in [2.45, 2.75) is 79.3 Å². The average Bonchev–Trinajstić information content (AvgIpc) is 1.26. The molecule has 4 atom stereocenters. The molecule has 8 aliphatic rings. The van der Waals surface area contributed by atoms with Gasteiger partial charge in [0.1, 0.15) is 44.8 Å². The molecule has 4 fully saturated rings. The highest BCUT2D eigenvalue weighted by Gasteiger charge is 2.38. The molecule has 0 amide bonds. The fourth-order valence-electron chi connectivity index (χ4n) is 16.6. The summed E-state index contributed by atoms with van der Waals surface area (Å²) in [5.41, 5.74) is 31.9. The lowest BCUT2D eigenvalue weighted by Gasteiger charge is -2.29. The summed E-state index contributed by atoms with van der Waals surface area (Å²) in [5.74, 6) is 1.63. The van der Waals surface area contributed by atoms with Crippen molar-refractivity contribution in [3.05, 3.63) is 228 Å². The number of rotatable bonds is 6. The lowest BCUT2D eigenvalue weighted by molar-refractivity contribution is -0.385. The molecule has 8 aliphatic heterocycles. The number of ether oxygens (including phenoxy) is 4. The zero-order valence-corrected chi connectivity index (χ0v) is 61.5. The predicted molar refractivity (Wildman–Crippen MR) is 421 cm³/mol. The van der Waals surface area contributed by atoms with Gasteiger partial charge in [0, 0.05) is 147 Å². The topological polar surface area (TPSA) is 328 Å². The first-order valence-corrected chi connectivity index (χ1v) is 36.7. The van der Waals surface area contributed by atoms with Gasteiger partial charge in [0.2, 0.25) is 0 Å². The van der Waals surface area contributed by atoms with Gasteiger partial charge in [-0.05, 0) is 126 Å². The summed E-state index contributed by atoms with van der Waals surface area (Å²) in [7, 11) is 0. The third-order valence-corrected chi connectivity index (χ3v) is 22.1. The fraction of sp³-hybridized carbons (Fsp3) is 0.268. The number of anilines is 6. The van der Waals surface area contributed by atoms with E-state index in [9.17, 15) is 39.4 Å². The van der Waals surface area contributed by atoms with Gasteiger partial charge >= 0.3 is 0 Å². The van der Waals surface area contributed by atoms with Gasteiger partial charge in [0.15, 0.2) is 91.0 Å². The van der Waals surface area contributed by atoms with Crippen LogP contribution in [0.25, 0.3) is 66.4 Å². The van der Waals surface area contributed by atoms with Crippen molar-refractivity contribution in [2.24, 2.45) is 23.3 Å². The van der Waals surface area contributed by atoms with Crippen molar-refractivity contribution in [1.29, 1.82) is 0 Å². The summed E-state index contributed by atoms with van der Waals surface area (Å²) in [6.45, 7) is 16.1. The van der Waals surface area contributed by atoms with Crippen LogP contribution in [-0.4, -0.2) is 92.6 Å². The highest BCUT2D eigenvalue weighted by atomic mass is 19.1. The number of aryl methyl sites for hydroxylation is 4. The molecule has 12 heterocycles. The van der Waals surface area contributed by atoms with Crippen LogP contribution >= 0.6 is 0 Å². The molecule has 20 rings (SSSR count). The van der Waals surface area contributed by atoms with E-state index in [-0.39, 0.29) is 84.6 Å². The monoisotopic (exact) mass is 1520 g/mol. The van der Waals surface area contributed by atoms with Gasteiger partial charge in [-0.1, -0.05) is 13.8 Å². The minimum Gasteiger partial charge on any atom is -0.451 e. The highest BCUT2D eigenvalue weighted by Crippen LogP contribution is 2.53. The maximum Gasteiger partial charge on any atom is 0.273 e. The number of non-ortho nitro benzene ring substituents is 2. The standard InChI is InChI=1S/C21H18FN3O4.C21H20FN3O2.C20H17FN4O4.C20H19FN4O2/c1-11-5-6-23(9-11)19-15(22)8-14-18-21(19)29-17-7-13(25(27)28)3-4-16(17)24(18)10-12(2)20(14)26;1-11-5-6-24(9-11)19-15(22)8-14-18-21(19)27-17-7-13(23)3-4-16(17)25(18)10-12(2)20(14)26;1-10-8-24-15-3-2-12(25(27)28)6-16(15)29-20-17(24)13(19(10)26)7-14(21)18(20)23-5-4-11(22)9-23;1-10-8-25-15-3-2-11(22)6-16(15)27-20-17(25)13(19(10)26)7-14(21)18(20)24-5-4-12(23)9-24/h3-4,7-8,10-11H,5-6,9H2,1-2H3;3-4,7-8,10-11H,5-6,9,23H2,1-2H3;2-3,6-8,11H,4-5,9,22H2,1H3;2-3,6-8,12H,4-5,9,22-23H2,1H3/t11-;;11-;/m0.0./s1. The summed E-state index contributed by atoms with van der Waals surface area (Å²) in [6.07, 6.45) is 10.3. The van der Waals surface area contributed by atoms with E-state index >= 15 is 17.6 Å². The molecular formula is C82H74F4N14O12. The molecule has 30 heteroatoms. The molecule has 4 aromatic heterocycles. The Bertz CT molecular complexity index is 6020. The second kappa shape index (κ2) is 27.0. The van der Waals surface area contributed by atoms with E-state index in [2.05, 4.69) is 13.8 Å². The van der Waals surface area contributed by atoms with Crippen molar-refractivity contribution in [1.82, 2.24) is 18.3 Å². The smallest absolute Gasteiger partial charge is 0.273 e. The molecule has 0 radical (unpaired) electrons. The Morgan fingerprint density at radius 2 is 0.643 bits per heavy atom. The third-order valence-electron chi connectivity index (χ3n) is 22.1. The van der Waals surface area contributed by atoms with E-state index in [0.717, 1.165) is 43.7 Å². The number of nitrogens with zero attached hydrogens (tertiary/aromatic N) is 10. The molecule has 572 valence electrons. The Balaban J connectivity index is 0.000000108. The van der Waals surface area contributed by atoms with Crippen LogP contribution in [0, 0.1) is 83.0 Å². The minimum atomic E-state index is -0.579. The van der Waals surface area contributed by atoms with Gasteiger partial charge in [-0.25, -0.2) is 17.6 Å². The van der Waals surface area contributed by atoms with Crippen LogP contribution in [0.3, 0.4) is 0 Å². The number of fused-ring (bicyclic) bond motifs is 8. The van der Waals surface area contributed by atoms with Crippen molar-refractivity contribution < 1.29 is 46.4 Å². The lowest BCUT2D eigenvalue weighted by Crippen LogP contribution is -2.28. The number of hydrogen-bond donors (Lipinski definition) is 4. The quantitative estimate of drug-likeness (QED) is 0.0520. The van der Waals surface area contributed by atoms with Crippen molar-refractivity contribution in [3.8, 4) is 68.7 Å². The summed E-state index contributed by atoms with van der Waals surface area (Å²) in [4.78, 5) is 79.9. The van der Waals surface area contributed by atoms with Crippen molar-refractivity contribution in [2.75, 3.05) is 83.4 Å². The summed E-state index contributed by atoms with van der Waals surface area (Å²) in [5, 5.41) is 23.5. The first-order chi connectivity index (χ1) is 53.6. The molecule has 0 bridgehead atoms. The molecule has 12 aromatic rings. The van der Waals surface area contributed by atoms with Crippen LogP contribution in [0.15, 0.2) is 141 Å². The molecule has 26 nitrogen and oxygen atoms in total. The Morgan fingerprint density at radius 1 is 0.384 bits per heavy atom. The average molecular weight is 1520 g/mol. The molecular weight excluding hydrogens is 1450 g/mol. The van der Waals surface area contributed by atoms with Gasteiger partial charge in [0.05, 0.1) is 66.3 Å². The Kier molecular flexibility index (Phi) is 17.3. The molecule has 8 N–H and O–H groups in total. The van der Waals surface area contributed by atoms with E-state index in [1.807, 2.05) is 36.0 Å². The second-order valence-electron chi connectivity index (χ2n) is 30.1. The van der Waals surface area contributed by atoms with Crippen LogP contribution in [0.1, 0.15) is 61.8 Å². The summed E-state index contributed by atoms with van der Waals surface area (Å²) >= 11 is 0. The highest BCUT2D eigenvalue weighted by molar-refractivity contribution is 5.99. The Hall–Kier alpha value is -13.0. The van der Waals surface area contributed by atoms with E-state index in [1.54, 1.807) is 103 Å². The first-order valence-electron chi connectivity index (χ1n) is 36.7. The van der Waals surface area contributed by atoms with Gasteiger partial charge in [-0.3, -0.25) is 39.4 Å². The molecule has 112 heavy (non-hydrogen) atoms. The minimum absolute atomic E-state index is 0.0148. The van der Waals surface area contributed by atoms with E-state index in [1.165, 1.54) is 48.5 Å². The first kappa shape index (κ1) is 71.9. The largest absolute Gasteiger partial charge is 0.451 e. The second-order valence-corrected chi connectivity index (χ2v) is 30.1. The van der Waals surface area contributed by atoms with Gasteiger partial charge < -0.3 is 79.8 Å². The zero-order valence-electron chi connectivity index (χ0n) is 61.5. The van der Waals surface area contributed by atoms with Crippen LogP contribution in [0.5, 0.6) is 46.0 Å². The number of nitro groups is 2. The number of halogens is 4. The number of nitro benzene ring substituents is 2. The normalized spacial score (nSPS) is 17.6. The maximum atomic E-state index is 15.2. The third kappa shape index (κ3) is 11.8. The van der Waals surface area contributed by atoms with Crippen LogP contribution in [0.4, 0.5) is 63.1 Å².